The SMILES string of the molecule is CC(C#N)N1CCN(C(=O)c2ccncc2)CC1. The van der Waals surface area contributed by atoms with Gasteiger partial charge in [-0.1, -0.05) is 0 Å². The average Bonchev–Trinajstić information content (AvgIpc) is 2.47. The number of pyridine rings is 1. The van der Waals surface area contributed by atoms with Crippen LogP contribution in [0.2, 0.25) is 0 Å². The van der Waals surface area contributed by atoms with Crippen molar-refractivity contribution in [1.29, 1.82) is 5.26 Å². The number of hydrogen-bond donors (Lipinski definition) is 0. The summed E-state index contributed by atoms with van der Waals surface area (Å²) in [5, 5.41) is 8.86. The first-order valence-corrected chi connectivity index (χ1v) is 6.05. The molecule has 0 N–H and O–H groups in total. The Kier molecular flexibility index (Phi) is 3.90. The molecule has 5 heteroatoms. The van der Waals surface area contributed by atoms with E-state index in [1.165, 1.54) is 0 Å². The predicted molar refractivity (Wildman–Crippen MR) is 66.8 cm³/mol. The van der Waals surface area contributed by atoms with Gasteiger partial charge in [0, 0.05) is 44.1 Å². The summed E-state index contributed by atoms with van der Waals surface area (Å²) in [6.07, 6.45) is 3.25. The Hall–Kier alpha value is -1.93. The highest BCUT2D eigenvalue weighted by atomic mass is 16.2. The second kappa shape index (κ2) is 5.61. The van der Waals surface area contributed by atoms with Crippen LogP contribution < -0.4 is 0 Å². The Morgan fingerprint density at radius 2 is 1.94 bits per heavy atom. The highest BCUT2D eigenvalue weighted by Crippen LogP contribution is 2.09. The zero-order chi connectivity index (χ0) is 13.0. The van der Waals surface area contributed by atoms with E-state index in [4.69, 9.17) is 5.26 Å². The molecule has 5 nitrogen and oxygen atoms in total. The van der Waals surface area contributed by atoms with Crippen LogP contribution in [0.1, 0.15) is 17.3 Å². The smallest absolute Gasteiger partial charge is 0.254 e. The second-order valence-electron chi connectivity index (χ2n) is 4.37. The minimum atomic E-state index is -0.0804. The molecule has 0 radical (unpaired) electrons. The summed E-state index contributed by atoms with van der Waals surface area (Å²) < 4.78 is 0. The van der Waals surface area contributed by atoms with Crippen molar-refractivity contribution in [3.05, 3.63) is 30.1 Å². The van der Waals surface area contributed by atoms with Crippen LogP contribution >= 0.6 is 0 Å². The number of piperazine rings is 1. The summed E-state index contributed by atoms with van der Waals surface area (Å²) >= 11 is 0. The van der Waals surface area contributed by atoms with Crippen LogP contribution in [0.4, 0.5) is 0 Å². The zero-order valence-corrected chi connectivity index (χ0v) is 10.4. The third-order valence-electron chi connectivity index (χ3n) is 3.26. The minimum absolute atomic E-state index is 0.0432. The first-order chi connectivity index (χ1) is 8.72. The molecule has 1 amide bonds. The maximum atomic E-state index is 12.2. The van der Waals surface area contributed by atoms with Crippen molar-refractivity contribution in [2.75, 3.05) is 26.2 Å². The average molecular weight is 244 g/mol. The maximum absolute atomic E-state index is 12.2. The first-order valence-electron chi connectivity index (χ1n) is 6.05. The molecule has 1 saturated heterocycles. The molecular formula is C13H16N4O. The lowest BCUT2D eigenvalue weighted by Gasteiger charge is -2.35. The van der Waals surface area contributed by atoms with Crippen LogP contribution in [0, 0.1) is 11.3 Å². The van der Waals surface area contributed by atoms with Gasteiger partial charge in [-0.25, -0.2) is 0 Å². The van der Waals surface area contributed by atoms with Gasteiger partial charge in [0.15, 0.2) is 0 Å². The lowest BCUT2D eigenvalue weighted by Crippen LogP contribution is -2.51. The van der Waals surface area contributed by atoms with Crippen molar-refractivity contribution >= 4 is 5.91 Å². The van der Waals surface area contributed by atoms with Gasteiger partial charge in [-0.2, -0.15) is 5.26 Å². The quantitative estimate of drug-likeness (QED) is 0.770. The molecule has 2 heterocycles. The van der Waals surface area contributed by atoms with E-state index in [1.807, 2.05) is 11.8 Å². The van der Waals surface area contributed by atoms with Crippen molar-refractivity contribution in [1.82, 2.24) is 14.8 Å². The third kappa shape index (κ3) is 2.66. The van der Waals surface area contributed by atoms with Crippen molar-refractivity contribution in [3.63, 3.8) is 0 Å². The number of nitriles is 1. The number of nitrogens with zero attached hydrogens (tertiary/aromatic N) is 4. The number of amides is 1. The summed E-state index contributed by atoms with van der Waals surface area (Å²) in [4.78, 5) is 20.0. The summed E-state index contributed by atoms with van der Waals surface area (Å²) in [5.41, 5.74) is 0.673. The molecule has 94 valence electrons. The van der Waals surface area contributed by atoms with Gasteiger partial charge in [0.1, 0.15) is 0 Å². The molecule has 0 saturated carbocycles. The summed E-state index contributed by atoms with van der Waals surface area (Å²) in [7, 11) is 0. The number of carbonyl (C=O) groups excluding carboxylic acids is 1. The third-order valence-corrected chi connectivity index (χ3v) is 3.26. The predicted octanol–water partition coefficient (Wildman–Crippen LogP) is 0.751. The number of aromatic nitrogens is 1. The molecule has 1 aliphatic rings. The van der Waals surface area contributed by atoms with Gasteiger partial charge in [0.05, 0.1) is 12.1 Å². The van der Waals surface area contributed by atoms with Crippen molar-refractivity contribution < 1.29 is 4.79 Å². The van der Waals surface area contributed by atoms with E-state index in [2.05, 4.69) is 16.0 Å². The van der Waals surface area contributed by atoms with Crippen LogP contribution in [0.5, 0.6) is 0 Å². The zero-order valence-electron chi connectivity index (χ0n) is 10.4. The lowest BCUT2D eigenvalue weighted by molar-refractivity contribution is 0.0615. The fourth-order valence-electron chi connectivity index (χ4n) is 2.07. The molecule has 18 heavy (non-hydrogen) atoms. The van der Waals surface area contributed by atoms with Gasteiger partial charge in [-0.05, 0) is 19.1 Å². The molecule has 1 atom stereocenters. The van der Waals surface area contributed by atoms with E-state index in [-0.39, 0.29) is 11.9 Å². The van der Waals surface area contributed by atoms with Crippen molar-refractivity contribution in [3.8, 4) is 6.07 Å². The van der Waals surface area contributed by atoms with Gasteiger partial charge in [0.2, 0.25) is 0 Å². The topological polar surface area (TPSA) is 60.2 Å². The molecule has 1 unspecified atom stereocenters. The van der Waals surface area contributed by atoms with Crippen molar-refractivity contribution in [2.24, 2.45) is 0 Å². The fourth-order valence-corrected chi connectivity index (χ4v) is 2.07. The lowest BCUT2D eigenvalue weighted by atomic mass is 10.2. The molecule has 1 fully saturated rings. The molecule has 1 aromatic rings. The molecule has 0 aliphatic carbocycles. The van der Waals surface area contributed by atoms with E-state index in [0.717, 1.165) is 13.1 Å². The van der Waals surface area contributed by atoms with Gasteiger partial charge in [0.25, 0.3) is 5.91 Å². The summed E-state index contributed by atoms with van der Waals surface area (Å²) in [6, 6.07) is 5.60. The van der Waals surface area contributed by atoms with Crippen LogP contribution in [-0.2, 0) is 0 Å². The highest BCUT2D eigenvalue weighted by molar-refractivity contribution is 5.94. The van der Waals surface area contributed by atoms with E-state index >= 15 is 0 Å². The Morgan fingerprint density at radius 3 is 2.50 bits per heavy atom. The second-order valence-corrected chi connectivity index (χ2v) is 4.37. The standard InChI is InChI=1S/C13H16N4O/c1-11(10-14)16-6-8-17(9-7-16)13(18)12-2-4-15-5-3-12/h2-5,11H,6-9H2,1H3. The number of carbonyl (C=O) groups is 1. The van der Waals surface area contributed by atoms with Crippen LogP contribution in [-0.4, -0.2) is 52.9 Å². The van der Waals surface area contributed by atoms with E-state index in [1.54, 1.807) is 24.5 Å². The molecular weight excluding hydrogens is 228 g/mol. The molecule has 1 aliphatic heterocycles. The minimum Gasteiger partial charge on any atom is -0.336 e. The van der Waals surface area contributed by atoms with Crippen LogP contribution in [0.3, 0.4) is 0 Å². The molecule has 0 aromatic carbocycles. The number of hydrogen-bond acceptors (Lipinski definition) is 4. The fraction of sp³-hybridized carbons (Fsp3) is 0.462. The Bertz CT molecular complexity index is 446. The Morgan fingerprint density at radius 1 is 1.33 bits per heavy atom. The largest absolute Gasteiger partial charge is 0.336 e. The van der Waals surface area contributed by atoms with Crippen LogP contribution in [0.15, 0.2) is 24.5 Å². The monoisotopic (exact) mass is 244 g/mol. The van der Waals surface area contributed by atoms with E-state index < -0.39 is 0 Å². The van der Waals surface area contributed by atoms with Gasteiger partial charge < -0.3 is 4.90 Å². The van der Waals surface area contributed by atoms with Gasteiger partial charge in [-0.15, -0.1) is 0 Å². The van der Waals surface area contributed by atoms with Crippen LogP contribution in [0.25, 0.3) is 0 Å². The Balaban J connectivity index is 1.95. The number of rotatable bonds is 2. The summed E-state index contributed by atoms with van der Waals surface area (Å²) in [6.45, 7) is 4.75. The Labute approximate surface area is 107 Å². The maximum Gasteiger partial charge on any atom is 0.254 e. The van der Waals surface area contributed by atoms with Gasteiger partial charge in [-0.3, -0.25) is 14.7 Å². The van der Waals surface area contributed by atoms with Gasteiger partial charge >= 0.3 is 0 Å². The summed E-state index contributed by atoms with van der Waals surface area (Å²) in [5.74, 6) is 0.0432. The van der Waals surface area contributed by atoms with Crippen molar-refractivity contribution in [2.45, 2.75) is 13.0 Å². The molecule has 1 aromatic heterocycles. The highest BCUT2D eigenvalue weighted by Gasteiger charge is 2.24. The molecule has 0 spiro atoms. The van der Waals surface area contributed by atoms with E-state index in [9.17, 15) is 4.79 Å². The molecule has 0 bridgehead atoms. The normalized spacial score (nSPS) is 18.1. The van der Waals surface area contributed by atoms with E-state index in [0.29, 0.717) is 18.7 Å². The first kappa shape index (κ1) is 12.5. The molecule has 2 rings (SSSR count).